The summed E-state index contributed by atoms with van der Waals surface area (Å²) in [5.41, 5.74) is 10.0. The van der Waals surface area contributed by atoms with Gasteiger partial charge in [0.1, 0.15) is 11.3 Å². The lowest BCUT2D eigenvalue weighted by Gasteiger charge is -2.14. The lowest BCUT2D eigenvalue weighted by molar-refractivity contribution is -0.117. The van der Waals surface area contributed by atoms with Crippen LogP contribution in [0, 0.1) is 13.8 Å². The van der Waals surface area contributed by atoms with Crippen molar-refractivity contribution in [3.63, 3.8) is 0 Å². The van der Waals surface area contributed by atoms with Crippen LogP contribution in [-0.4, -0.2) is 23.4 Å². The Bertz CT molecular complexity index is 1110. The van der Waals surface area contributed by atoms with Crippen LogP contribution in [0.2, 0.25) is 0 Å². The van der Waals surface area contributed by atoms with E-state index in [-0.39, 0.29) is 12.3 Å². The van der Waals surface area contributed by atoms with E-state index in [9.17, 15) is 9.59 Å². The fourth-order valence-corrected chi connectivity index (χ4v) is 3.81. The van der Waals surface area contributed by atoms with Crippen molar-refractivity contribution in [1.29, 1.82) is 0 Å². The molecule has 152 valence electrons. The second kappa shape index (κ2) is 8.48. The maximum absolute atomic E-state index is 12.5. The molecule has 0 aliphatic carbocycles. The number of nitrogens with zero attached hydrogens (tertiary/aromatic N) is 1. The SMILES string of the molecule is CCOc1c(/C(C)=C/C(=O)Nc2nc(CC(N)=O)cs2)cc2c(C)coc2c1C. The Balaban J connectivity index is 1.90. The molecule has 1 aromatic carbocycles. The van der Waals surface area contributed by atoms with Crippen LogP contribution in [0.3, 0.4) is 0 Å². The summed E-state index contributed by atoms with van der Waals surface area (Å²) in [6.45, 7) is 8.20. The Morgan fingerprint density at radius 1 is 1.38 bits per heavy atom. The van der Waals surface area contributed by atoms with Crippen LogP contribution in [-0.2, 0) is 16.0 Å². The molecule has 2 amide bonds. The molecule has 0 spiro atoms. The number of amides is 2. The Labute approximate surface area is 172 Å². The van der Waals surface area contributed by atoms with Crippen LogP contribution < -0.4 is 15.8 Å². The van der Waals surface area contributed by atoms with Gasteiger partial charge in [0.05, 0.1) is 25.0 Å². The van der Waals surface area contributed by atoms with Gasteiger partial charge in [-0.1, -0.05) is 0 Å². The van der Waals surface area contributed by atoms with Gasteiger partial charge in [-0.15, -0.1) is 11.3 Å². The first-order chi connectivity index (χ1) is 13.8. The topological polar surface area (TPSA) is 107 Å². The van der Waals surface area contributed by atoms with Gasteiger partial charge in [-0.25, -0.2) is 4.98 Å². The minimum Gasteiger partial charge on any atom is -0.493 e. The first kappa shape index (κ1) is 20.6. The summed E-state index contributed by atoms with van der Waals surface area (Å²) in [7, 11) is 0. The number of furan rings is 1. The lowest BCUT2D eigenvalue weighted by atomic mass is 9.98. The highest BCUT2D eigenvalue weighted by Crippen LogP contribution is 2.37. The number of benzene rings is 1. The number of nitrogens with two attached hydrogens (primary N) is 1. The van der Waals surface area contributed by atoms with Crippen LogP contribution >= 0.6 is 11.3 Å². The maximum Gasteiger partial charge on any atom is 0.250 e. The number of rotatable bonds is 7. The van der Waals surface area contributed by atoms with Gasteiger partial charge >= 0.3 is 0 Å². The Kier molecular flexibility index (Phi) is 6.03. The van der Waals surface area contributed by atoms with Gasteiger partial charge < -0.3 is 14.9 Å². The zero-order chi connectivity index (χ0) is 21.1. The number of carbonyl (C=O) groups is 2. The fourth-order valence-electron chi connectivity index (χ4n) is 3.10. The Hall–Kier alpha value is -3.13. The molecule has 2 aromatic heterocycles. The minimum absolute atomic E-state index is 0.0439. The highest BCUT2D eigenvalue weighted by Gasteiger charge is 2.17. The van der Waals surface area contributed by atoms with Crippen molar-refractivity contribution in [2.75, 3.05) is 11.9 Å². The molecule has 0 saturated heterocycles. The number of hydrogen-bond donors (Lipinski definition) is 2. The molecule has 0 aliphatic heterocycles. The summed E-state index contributed by atoms with van der Waals surface area (Å²) >= 11 is 1.24. The molecule has 3 N–H and O–H groups in total. The van der Waals surface area contributed by atoms with E-state index in [1.54, 1.807) is 11.6 Å². The summed E-state index contributed by atoms with van der Waals surface area (Å²) < 4.78 is 11.5. The van der Waals surface area contributed by atoms with Crippen molar-refractivity contribution in [1.82, 2.24) is 4.98 Å². The average Bonchev–Trinajstić information content (AvgIpc) is 3.23. The third-order valence-corrected chi connectivity index (χ3v) is 5.24. The number of carbonyl (C=O) groups excluding carboxylic acids is 2. The van der Waals surface area contributed by atoms with Crippen molar-refractivity contribution in [3.05, 3.63) is 46.2 Å². The van der Waals surface area contributed by atoms with Crippen LogP contribution in [0.5, 0.6) is 5.75 Å². The largest absolute Gasteiger partial charge is 0.493 e. The van der Waals surface area contributed by atoms with E-state index in [2.05, 4.69) is 10.3 Å². The fraction of sp³-hybridized carbons (Fsp3) is 0.286. The molecule has 0 aliphatic rings. The predicted molar refractivity (Wildman–Crippen MR) is 114 cm³/mol. The highest BCUT2D eigenvalue weighted by atomic mass is 32.1. The Morgan fingerprint density at radius 3 is 2.83 bits per heavy atom. The van der Waals surface area contributed by atoms with E-state index in [0.717, 1.165) is 33.2 Å². The smallest absolute Gasteiger partial charge is 0.250 e. The molecule has 0 unspecified atom stereocenters. The molecule has 29 heavy (non-hydrogen) atoms. The summed E-state index contributed by atoms with van der Waals surface area (Å²) in [5, 5.41) is 5.83. The van der Waals surface area contributed by atoms with E-state index >= 15 is 0 Å². The number of aromatic nitrogens is 1. The monoisotopic (exact) mass is 413 g/mol. The van der Waals surface area contributed by atoms with Crippen molar-refractivity contribution in [3.8, 4) is 5.75 Å². The van der Waals surface area contributed by atoms with Crippen LogP contribution in [0.4, 0.5) is 5.13 Å². The highest BCUT2D eigenvalue weighted by molar-refractivity contribution is 7.14. The molecule has 0 atom stereocenters. The van der Waals surface area contributed by atoms with Crippen molar-refractivity contribution < 1.29 is 18.7 Å². The first-order valence-electron chi connectivity index (χ1n) is 9.16. The normalized spacial score (nSPS) is 11.7. The summed E-state index contributed by atoms with van der Waals surface area (Å²) in [6.07, 6.45) is 3.27. The standard InChI is InChI=1S/C21H23N3O4S/c1-5-27-19-13(4)20-16(12(3)9-28-20)8-15(19)11(2)6-18(26)24-21-23-14(10-29-21)7-17(22)25/h6,8-10H,5,7H2,1-4H3,(H2,22,25)(H,23,24,26)/b11-6+. The van der Waals surface area contributed by atoms with Crippen molar-refractivity contribution in [2.45, 2.75) is 34.1 Å². The molecule has 0 radical (unpaired) electrons. The third-order valence-electron chi connectivity index (χ3n) is 4.44. The molecule has 3 aromatic rings. The first-order valence-corrected chi connectivity index (χ1v) is 10.0. The number of hydrogen-bond acceptors (Lipinski definition) is 6. The van der Waals surface area contributed by atoms with Crippen LogP contribution in [0.1, 0.15) is 36.2 Å². The van der Waals surface area contributed by atoms with E-state index in [1.165, 1.54) is 17.4 Å². The van der Waals surface area contributed by atoms with E-state index in [1.807, 2.05) is 33.8 Å². The van der Waals surface area contributed by atoms with Crippen LogP contribution in [0.15, 0.2) is 28.2 Å². The van der Waals surface area contributed by atoms with Crippen LogP contribution in [0.25, 0.3) is 16.5 Å². The van der Waals surface area contributed by atoms with Crippen molar-refractivity contribution >= 4 is 44.8 Å². The van der Waals surface area contributed by atoms with E-state index in [0.29, 0.717) is 23.2 Å². The number of nitrogens with one attached hydrogen (secondary N) is 1. The van der Waals surface area contributed by atoms with Gasteiger partial charge in [0, 0.05) is 28.0 Å². The zero-order valence-electron chi connectivity index (χ0n) is 16.8. The average molecular weight is 413 g/mol. The van der Waals surface area contributed by atoms with Gasteiger partial charge in [0.15, 0.2) is 5.13 Å². The summed E-state index contributed by atoms with van der Waals surface area (Å²) in [6, 6.07) is 1.99. The molecular weight excluding hydrogens is 390 g/mol. The van der Waals surface area contributed by atoms with Gasteiger partial charge in [0.25, 0.3) is 0 Å². The molecule has 2 heterocycles. The molecule has 3 rings (SSSR count). The van der Waals surface area contributed by atoms with E-state index < -0.39 is 5.91 Å². The maximum atomic E-state index is 12.5. The number of thiazole rings is 1. The number of fused-ring (bicyclic) bond motifs is 1. The molecule has 8 heteroatoms. The third kappa shape index (κ3) is 4.48. The zero-order valence-corrected chi connectivity index (χ0v) is 17.6. The number of primary amides is 1. The molecule has 0 fully saturated rings. The quantitative estimate of drug-likeness (QED) is 0.570. The lowest BCUT2D eigenvalue weighted by Crippen LogP contribution is -2.14. The van der Waals surface area contributed by atoms with E-state index in [4.69, 9.17) is 14.9 Å². The predicted octanol–water partition coefficient (Wildman–Crippen LogP) is 3.97. The molecule has 0 saturated carbocycles. The second-order valence-electron chi connectivity index (χ2n) is 6.71. The minimum atomic E-state index is -0.465. The van der Waals surface area contributed by atoms with Gasteiger partial charge in [-0.3, -0.25) is 14.9 Å². The van der Waals surface area contributed by atoms with Gasteiger partial charge in [0.2, 0.25) is 11.8 Å². The molecule has 0 bridgehead atoms. The number of anilines is 1. The number of ether oxygens (including phenoxy) is 1. The number of aryl methyl sites for hydroxylation is 2. The summed E-state index contributed by atoms with van der Waals surface area (Å²) in [5.74, 6) is -0.0758. The second-order valence-corrected chi connectivity index (χ2v) is 7.57. The van der Waals surface area contributed by atoms with Gasteiger partial charge in [-0.2, -0.15) is 0 Å². The Morgan fingerprint density at radius 2 is 2.14 bits per heavy atom. The van der Waals surface area contributed by atoms with Gasteiger partial charge in [-0.05, 0) is 44.9 Å². The number of allylic oxidation sites excluding steroid dienone is 1. The molecule has 7 nitrogen and oxygen atoms in total. The summed E-state index contributed by atoms with van der Waals surface area (Å²) in [4.78, 5) is 27.7. The molecular formula is C21H23N3O4S. The van der Waals surface area contributed by atoms with Crippen molar-refractivity contribution in [2.24, 2.45) is 5.73 Å².